The summed E-state index contributed by atoms with van der Waals surface area (Å²) in [6, 6.07) is 0. The number of esters is 2. The molecule has 0 saturated carbocycles. The van der Waals surface area contributed by atoms with Crippen LogP contribution in [0.25, 0.3) is 0 Å². The van der Waals surface area contributed by atoms with Gasteiger partial charge in [0.25, 0.3) is 0 Å². The molecule has 0 aromatic heterocycles. The molecule has 1 heterocycles. The second-order valence-corrected chi connectivity index (χ2v) is 4.22. The molecule has 0 N–H and O–H groups in total. The van der Waals surface area contributed by atoms with Crippen molar-refractivity contribution in [2.45, 2.75) is 20.0 Å². The Morgan fingerprint density at radius 1 is 1.24 bits per heavy atom. The van der Waals surface area contributed by atoms with E-state index in [9.17, 15) is 14.4 Å². The Morgan fingerprint density at radius 2 is 1.76 bits per heavy atom. The second kappa shape index (κ2) is 10.5. The van der Waals surface area contributed by atoms with Crippen LogP contribution in [-0.4, -0.2) is 50.5 Å². The van der Waals surface area contributed by atoms with E-state index in [2.05, 4.69) is 22.9 Å². The molecule has 7 nitrogen and oxygen atoms in total. The summed E-state index contributed by atoms with van der Waals surface area (Å²) in [5.74, 6) is -0.804. The molecule has 1 aliphatic heterocycles. The number of epoxide rings is 1. The fourth-order valence-electron chi connectivity index (χ4n) is 0.809. The number of carbonyl (C=O) groups is 2. The van der Waals surface area contributed by atoms with E-state index in [1.165, 1.54) is 6.08 Å². The number of aliphatic imine (C=N–C) groups is 1. The highest BCUT2D eigenvalue weighted by Gasteiger charge is 2.24. The van der Waals surface area contributed by atoms with Crippen molar-refractivity contribution in [2.75, 3.05) is 26.4 Å². The van der Waals surface area contributed by atoms with E-state index in [1.54, 1.807) is 13.8 Å². The van der Waals surface area contributed by atoms with Crippen molar-refractivity contribution in [2.24, 2.45) is 4.99 Å². The first-order valence-corrected chi connectivity index (χ1v) is 6.19. The van der Waals surface area contributed by atoms with Gasteiger partial charge in [-0.2, -0.15) is 0 Å². The van der Waals surface area contributed by atoms with E-state index in [-0.39, 0.29) is 25.2 Å². The van der Waals surface area contributed by atoms with Crippen LogP contribution in [0.5, 0.6) is 0 Å². The lowest BCUT2D eigenvalue weighted by Gasteiger charge is -1.99. The van der Waals surface area contributed by atoms with Crippen LogP contribution in [0.4, 0.5) is 0 Å². The van der Waals surface area contributed by atoms with E-state index in [0.29, 0.717) is 24.4 Å². The molecule has 0 aliphatic carbocycles. The zero-order valence-electron chi connectivity index (χ0n) is 12.2. The first-order chi connectivity index (χ1) is 9.88. The van der Waals surface area contributed by atoms with Gasteiger partial charge in [0.15, 0.2) is 0 Å². The van der Waals surface area contributed by atoms with Crippen molar-refractivity contribution in [3.05, 3.63) is 24.3 Å². The van der Waals surface area contributed by atoms with Gasteiger partial charge >= 0.3 is 11.9 Å². The molecule has 7 heteroatoms. The van der Waals surface area contributed by atoms with Crippen LogP contribution in [-0.2, 0) is 28.6 Å². The first kappa shape index (κ1) is 18.8. The van der Waals surface area contributed by atoms with Gasteiger partial charge in [0.2, 0.25) is 6.08 Å². The minimum absolute atomic E-state index is 0.0981. The first-order valence-electron chi connectivity index (χ1n) is 6.19. The zero-order chi connectivity index (χ0) is 16.3. The van der Waals surface area contributed by atoms with E-state index >= 15 is 0 Å². The summed E-state index contributed by atoms with van der Waals surface area (Å²) in [7, 11) is 0. The topological polar surface area (TPSA) is 94.6 Å². The minimum atomic E-state index is -0.467. The van der Waals surface area contributed by atoms with Crippen LogP contribution >= 0.6 is 0 Å². The predicted octanol–water partition coefficient (Wildman–Crippen LogP) is 0.946. The Bertz CT molecular complexity index is 446. The number of isocyanates is 1. The molecule has 116 valence electrons. The Balaban J connectivity index is 0.000000382. The number of ether oxygens (including phenoxy) is 3. The second-order valence-electron chi connectivity index (χ2n) is 4.22. The van der Waals surface area contributed by atoms with Gasteiger partial charge in [-0.05, 0) is 13.8 Å². The van der Waals surface area contributed by atoms with Gasteiger partial charge < -0.3 is 14.2 Å². The molecule has 21 heavy (non-hydrogen) atoms. The number of carbonyl (C=O) groups excluding carboxylic acids is 3. The van der Waals surface area contributed by atoms with Crippen LogP contribution in [0.15, 0.2) is 29.3 Å². The van der Waals surface area contributed by atoms with E-state index < -0.39 is 5.97 Å². The van der Waals surface area contributed by atoms with Crippen LogP contribution in [0.3, 0.4) is 0 Å². The third kappa shape index (κ3) is 11.3. The van der Waals surface area contributed by atoms with Crippen LogP contribution < -0.4 is 0 Å². The fraction of sp³-hybridized carbons (Fsp3) is 0.500. The van der Waals surface area contributed by atoms with Crippen molar-refractivity contribution in [1.29, 1.82) is 0 Å². The lowest BCUT2D eigenvalue weighted by Crippen LogP contribution is -2.09. The molecule has 0 aromatic carbocycles. The number of hydrogen-bond acceptors (Lipinski definition) is 7. The zero-order valence-corrected chi connectivity index (χ0v) is 12.2. The Labute approximate surface area is 123 Å². The summed E-state index contributed by atoms with van der Waals surface area (Å²) < 4.78 is 14.2. The molecule has 1 unspecified atom stereocenters. The highest BCUT2D eigenvalue weighted by atomic mass is 16.6. The van der Waals surface area contributed by atoms with Crippen LogP contribution in [0.1, 0.15) is 13.8 Å². The van der Waals surface area contributed by atoms with Crippen molar-refractivity contribution in [1.82, 2.24) is 0 Å². The highest BCUT2D eigenvalue weighted by Crippen LogP contribution is 2.09. The summed E-state index contributed by atoms with van der Waals surface area (Å²) >= 11 is 0. The monoisotopic (exact) mass is 297 g/mol. The fourth-order valence-corrected chi connectivity index (χ4v) is 0.809. The molecule has 1 fully saturated rings. The van der Waals surface area contributed by atoms with Gasteiger partial charge in [-0.15, -0.1) is 0 Å². The van der Waals surface area contributed by atoms with Gasteiger partial charge in [0, 0.05) is 11.1 Å². The number of nitrogens with zero attached hydrogens (tertiary/aromatic N) is 1. The maximum Gasteiger partial charge on any atom is 0.333 e. The van der Waals surface area contributed by atoms with E-state index in [4.69, 9.17) is 9.47 Å². The van der Waals surface area contributed by atoms with Gasteiger partial charge in [-0.25, -0.2) is 19.4 Å². The summed E-state index contributed by atoms with van der Waals surface area (Å²) in [4.78, 5) is 34.1. The SMILES string of the molecule is C=C(C)C(=O)OCC1CO1.C=C(C)C(=O)OCCN=C=O. The van der Waals surface area contributed by atoms with E-state index in [1.807, 2.05) is 0 Å². The third-order valence-corrected chi connectivity index (χ3v) is 2.00. The molecule has 0 aromatic rings. The standard InChI is InChI=1S/C7H9NO3.C7H10O3/c1-6(2)7(10)11-4-3-8-5-9;1-5(2)7(8)10-4-6-3-9-6/h1,3-4H2,2H3;6H,1,3-4H2,2H3. The van der Waals surface area contributed by atoms with Gasteiger partial charge in [0.05, 0.1) is 13.2 Å². The average Bonchev–Trinajstić information content (AvgIpc) is 3.25. The smallest absolute Gasteiger partial charge is 0.333 e. The normalized spacial score (nSPS) is 14.7. The maximum atomic E-state index is 10.7. The Kier molecular flexibility index (Phi) is 9.41. The lowest BCUT2D eigenvalue weighted by atomic mass is 10.4. The summed E-state index contributed by atoms with van der Waals surface area (Å²) in [6.45, 7) is 11.3. The average molecular weight is 297 g/mol. The number of hydrogen-bond donors (Lipinski definition) is 0. The molecule has 0 radical (unpaired) electrons. The quantitative estimate of drug-likeness (QED) is 0.173. The largest absolute Gasteiger partial charge is 0.460 e. The van der Waals surface area contributed by atoms with Crippen molar-refractivity contribution in [3.8, 4) is 0 Å². The van der Waals surface area contributed by atoms with E-state index in [0.717, 1.165) is 0 Å². The van der Waals surface area contributed by atoms with Crippen LogP contribution in [0, 0.1) is 0 Å². The Morgan fingerprint density at radius 3 is 2.19 bits per heavy atom. The highest BCUT2D eigenvalue weighted by molar-refractivity contribution is 5.87. The van der Waals surface area contributed by atoms with Gasteiger partial charge in [0.1, 0.15) is 19.3 Å². The molecule has 0 spiro atoms. The van der Waals surface area contributed by atoms with Gasteiger partial charge in [-0.3, -0.25) is 0 Å². The molecule has 1 aliphatic rings. The van der Waals surface area contributed by atoms with Gasteiger partial charge in [-0.1, -0.05) is 13.2 Å². The predicted molar refractivity (Wildman–Crippen MR) is 74.3 cm³/mol. The third-order valence-electron chi connectivity index (χ3n) is 2.00. The van der Waals surface area contributed by atoms with Crippen molar-refractivity contribution in [3.63, 3.8) is 0 Å². The summed E-state index contributed by atoms with van der Waals surface area (Å²) in [5, 5.41) is 0. The Hall–Kier alpha value is -2.24. The molecule has 1 atom stereocenters. The summed E-state index contributed by atoms with van der Waals surface area (Å²) in [6.07, 6.45) is 1.47. The lowest BCUT2D eigenvalue weighted by molar-refractivity contribution is -0.139. The van der Waals surface area contributed by atoms with Crippen molar-refractivity contribution < 1.29 is 28.6 Å². The molecular formula is C14H19NO6. The molecule has 1 saturated heterocycles. The molecule has 0 bridgehead atoms. The van der Waals surface area contributed by atoms with Crippen LogP contribution in [0.2, 0.25) is 0 Å². The summed E-state index contributed by atoms with van der Waals surface area (Å²) in [5.41, 5.74) is 0.765. The minimum Gasteiger partial charge on any atom is -0.460 e. The van der Waals surface area contributed by atoms with Crippen molar-refractivity contribution >= 4 is 18.0 Å². The molecular weight excluding hydrogens is 278 g/mol. The number of rotatable bonds is 7. The molecule has 0 amide bonds. The molecule has 1 rings (SSSR count). The maximum absolute atomic E-state index is 10.7.